The molecule has 0 bridgehead atoms. The normalized spacial score (nSPS) is 17.6. The number of aliphatic imine (C=N–C) groups is 1. The molecule has 0 atom stereocenters. The molecule has 5 heteroatoms. The fourth-order valence-electron chi connectivity index (χ4n) is 2.86. The molecule has 27 heavy (non-hydrogen) atoms. The summed E-state index contributed by atoms with van der Waals surface area (Å²) in [6.07, 6.45) is 8.70. The monoisotopic (exact) mass is 366 g/mol. The zero-order chi connectivity index (χ0) is 19.8. The molecule has 144 valence electrons. The van der Waals surface area contributed by atoms with Crippen LogP contribution in [0.4, 0.5) is 5.69 Å². The first-order chi connectivity index (χ1) is 13.0. The quantitative estimate of drug-likeness (QED) is 0.749. The maximum Gasteiger partial charge on any atom is 0.148 e. The maximum absolute atomic E-state index is 6.27. The number of rotatable bonds is 3. The van der Waals surface area contributed by atoms with Crippen molar-refractivity contribution in [2.45, 2.75) is 34.1 Å². The summed E-state index contributed by atoms with van der Waals surface area (Å²) in [5, 5.41) is 3.33. The van der Waals surface area contributed by atoms with Crippen LogP contribution in [0.3, 0.4) is 0 Å². The molecule has 0 amide bonds. The summed E-state index contributed by atoms with van der Waals surface area (Å²) in [7, 11) is 0. The van der Waals surface area contributed by atoms with Gasteiger partial charge in [-0.2, -0.15) is 0 Å². The Hall–Kier alpha value is -2.95. The fourth-order valence-corrected chi connectivity index (χ4v) is 2.86. The lowest BCUT2D eigenvalue weighted by Gasteiger charge is -2.27. The Morgan fingerprint density at radius 2 is 2.15 bits per heavy atom. The standard InChI is InChI=1S/C19H24N4O.C3H6/c1-4-9-23-12-16(22-19(20)18(23)13(3)5-2)14-6-7-15-17(11-14)24-10-8-21-15;1-3-2/h4,6-7,9,11-12,21H,5,8,10H2,1-3H3,(H2,20,22);3H,1H2,2H3/b9-4-,18-13+;. The molecule has 0 aromatic heterocycles. The van der Waals surface area contributed by atoms with Gasteiger partial charge in [0.2, 0.25) is 0 Å². The number of ether oxygens (including phenoxy) is 1. The van der Waals surface area contributed by atoms with Crippen molar-refractivity contribution in [3.8, 4) is 5.75 Å². The number of nitrogens with two attached hydrogens (primary N) is 1. The summed E-state index contributed by atoms with van der Waals surface area (Å²) >= 11 is 0. The lowest BCUT2D eigenvalue weighted by Crippen LogP contribution is -2.29. The minimum absolute atomic E-state index is 0.543. The predicted octanol–water partition coefficient (Wildman–Crippen LogP) is 4.87. The van der Waals surface area contributed by atoms with Gasteiger partial charge in [0.15, 0.2) is 0 Å². The Labute approximate surface area is 162 Å². The van der Waals surface area contributed by atoms with Crippen molar-refractivity contribution in [2.24, 2.45) is 10.7 Å². The van der Waals surface area contributed by atoms with E-state index in [2.05, 4.69) is 35.6 Å². The third-order valence-electron chi connectivity index (χ3n) is 4.20. The molecule has 2 aliphatic heterocycles. The van der Waals surface area contributed by atoms with E-state index in [4.69, 9.17) is 10.5 Å². The Bertz CT molecular complexity index is 803. The fraction of sp³-hybridized carbons (Fsp3) is 0.318. The molecule has 1 aromatic rings. The first-order valence-corrected chi connectivity index (χ1v) is 9.31. The Balaban J connectivity index is 0.000000817. The molecule has 0 radical (unpaired) electrons. The molecule has 2 aliphatic rings. The minimum Gasteiger partial charge on any atom is -0.490 e. The zero-order valence-electron chi connectivity index (χ0n) is 16.7. The van der Waals surface area contributed by atoms with E-state index in [1.807, 2.05) is 50.5 Å². The van der Waals surface area contributed by atoms with Gasteiger partial charge in [-0.25, -0.2) is 4.99 Å². The van der Waals surface area contributed by atoms with Crippen molar-refractivity contribution < 1.29 is 4.74 Å². The molecule has 0 aliphatic carbocycles. The number of nitrogens with one attached hydrogen (secondary N) is 1. The van der Waals surface area contributed by atoms with Gasteiger partial charge in [-0.1, -0.05) is 25.1 Å². The second kappa shape index (κ2) is 9.67. The van der Waals surface area contributed by atoms with Crippen LogP contribution < -0.4 is 15.8 Å². The summed E-state index contributed by atoms with van der Waals surface area (Å²) < 4.78 is 5.73. The highest BCUT2D eigenvalue weighted by molar-refractivity contribution is 6.02. The molecule has 5 nitrogen and oxygen atoms in total. The van der Waals surface area contributed by atoms with Crippen LogP contribution in [0.5, 0.6) is 5.75 Å². The highest BCUT2D eigenvalue weighted by Gasteiger charge is 2.20. The number of allylic oxidation sites excluding steroid dienone is 3. The van der Waals surface area contributed by atoms with Crippen LogP contribution in [0.25, 0.3) is 5.70 Å². The number of benzene rings is 1. The van der Waals surface area contributed by atoms with E-state index in [0.29, 0.717) is 12.4 Å². The van der Waals surface area contributed by atoms with Crippen LogP contribution >= 0.6 is 0 Å². The number of hydrogen-bond donors (Lipinski definition) is 2. The molecule has 0 spiro atoms. The topological polar surface area (TPSA) is 62.9 Å². The average Bonchev–Trinajstić information content (AvgIpc) is 2.67. The van der Waals surface area contributed by atoms with Gasteiger partial charge in [-0.3, -0.25) is 0 Å². The van der Waals surface area contributed by atoms with Crippen LogP contribution in [0.15, 0.2) is 65.6 Å². The van der Waals surface area contributed by atoms with E-state index < -0.39 is 0 Å². The number of anilines is 1. The average molecular weight is 367 g/mol. The van der Waals surface area contributed by atoms with E-state index in [1.165, 1.54) is 5.57 Å². The van der Waals surface area contributed by atoms with Gasteiger partial charge in [0.05, 0.1) is 17.1 Å². The van der Waals surface area contributed by atoms with E-state index in [9.17, 15) is 0 Å². The predicted molar refractivity (Wildman–Crippen MR) is 116 cm³/mol. The number of fused-ring (bicyclic) bond motifs is 1. The Morgan fingerprint density at radius 1 is 1.41 bits per heavy atom. The largest absolute Gasteiger partial charge is 0.490 e. The Morgan fingerprint density at radius 3 is 2.81 bits per heavy atom. The van der Waals surface area contributed by atoms with Gasteiger partial charge < -0.3 is 20.7 Å². The molecule has 0 saturated heterocycles. The zero-order valence-corrected chi connectivity index (χ0v) is 16.7. The lowest BCUT2D eigenvalue weighted by molar-refractivity contribution is 0.323. The summed E-state index contributed by atoms with van der Waals surface area (Å²) in [5.74, 6) is 1.40. The molecule has 1 aromatic carbocycles. The first-order valence-electron chi connectivity index (χ1n) is 9.31. The van der Waals surface area contributed by atoms with Crippen LogP contribution in [-0.4, -0.2) is 23.9 Å². The SMILES string of the molecule is C/C=C\N1C=C(c2ccc3c(c2)OCCN3)N=C(N)/C1=C(/C)CC.C=CC. The third kappa shape index (κ3) is 4.82. The van der Waals surface area contributed by atoms with E-state index in [-0.39, 0.29) is 0 Å². The van der Waals surface area contributed by atoms with Crippen molar-refractivity contribution >= 4 is 17.2 Å². The van der Waals surface area contributed by atoms with Crippen LogP contribution in [-0.2, 0) is 0 Å². The smallest absolute Gasteiger partial charge is 0.148 e. The van der Waals surface area contributed by atoms with Crippen LogP contribution in [0.2, 0.25) is 0 Å². The van der Waals surface area contributed by atoms with Crippen molar-refractivity contribution in [1.29, 1.82) is 0 Å². The lowest BCUT2D eigenvalue weighted by atomic mass is 10.1. The molecular formula is C22H30N4O. The summed E-state index contributed by atoms with van der Waals surface area (Å²) in [6.45, 7) is 13.0. The van der Waals surface area contributed by atoms with Gasteiger partial charge in [0.1, 0.15) is 18.2 Å². The minimum atomic E-state index is 0.543. The van der Waals surface area contributed by atoms with Gasteiger partial charge in [-0.15, -0.1) is 6.58 Å². The van der Waals surface area contributed by atoms with Crippen molar-refractivity contribution in [2.75, 3.05) is 18.5 Å². The second-order valence-electron chi connectivity index (χ2n) is 6.28. The molecule has 0 unspecified atom stereocenters. The highest BCUT2D eigenvalue weighted by atomic mass is 16.5. The van der Waals surface area contributed by atoms with E-state index >= 15 is 0 Å². The second-order valence-corrected chi connectivity index (χ2v) is 6.28. The maximum atomic E-state index is 6.27. The molecular weight excluding hydrogens is 336 g/mol. The molecule has 3 rings (SSSR count). The number of nitrogens with zero attached hydrogens (tertiary/aromatic N) is 2. The number of hydrogen-bond acceptors (Lipinski definition) is 5. The molecule has 0 saturated carbocycles. The van der Waals surface area contributed by atoms with Gasteiger partial charge in [0, 0.05) is 24.5 Å². The van der Waals surface area contributed by atoms with Crippen molar-refractivity contribution in [3.05, 3.63) is 66.2 Å². The molecule has 3 N–H and O–H groups in total. The molecule has 0 fully saturated rings. The Kier molecular flexibility index (Phi) is 7.29. The first kappa shape index (κ1) is 20.4. The van der Waals surface area contributed by atoms with Crippen molar-refractivity contribution in [3.63, 3.8) is 0 Å². The van der Waals surface area contributed by atoms with Crippen LogP contribution in [0.1, 0.15) is 39.7 Å². The summed E-state index contributed by atoms with van der Waals surface area (Å²) in [5.41, 5.74) is 11.3. The summed E-state index contributed by atoms with van der Waals surface area (Å²) in [4.78, 5) is 6.68. The van der Waals surface area contributed by atoms with Gasteiger partial charge in [0.25, 0.3) is 0 Å². The highest BCUT2D eigenvalue weighted by Crippen LogP contribution is 2.33. The van der Waals surface area contributed by atoms with Crippen molar-refractivity contribution in [1.82, 2.24) is 4.90 Å². The number of amidine groups is 1. The molecule has 2 heterocycles. The van der Waals surface area contributed by atoms with Gasteiger partial charge in [-0.05, 0) is 44.9 Å². The van der Waals surface area contributed by atoms with E-state index in [0.717, 1.165) is 41.4 Å². The summed E-state index contributed by atoms with van der Waals surface area (Å²) in [6, 6.07) is 6.08. The van der Waals surface area contributed by atoms with Crippen LogP contribution in [0, 0.1) is 0 Å². The van der Waals surface area contributed by atoms with E-state index in [1.54, 1.807) is 6.08 Å². The van der Waals surface area contributed by atoms with Gasteiger partial charge >= 0.3 is 0 Å². The third-order valence-corrected chi connectivity index (χ3v) is 4.20.